The van der Waals surface area contributed by atoms with Gasteiger partial charge in [-0.1, -0.05) is 48.2 Å². The van der Waals surface area contributed by atoms with E-state index in [2.05, 4.69) is 32.0 Å². The molecule has 0 amide bonds. The van der Waals surface area contributed by atoms with Crippen molar-refractivity contribution in [2.75, 3.05) is 12.9 Å². The van der Waals surface area contributed by atoms with Gasteiger partial charge in [-0.3, -0.25) is 9.36 Å². The molecule has 0 spiro atoms. The van der Waals surface area contributed by atoms with Gasteiger partial charge in [0.05, 0.1) is 23.7 Å². The van der Waals surface area contributed by atoms with Crippen molar-refractivity contribution in [3.63, 3.8) is 0 Å². The van der Waals surface area contributed by atoms with Gasteiger partial charge in [0.25, 0.3) is 5.56 Å². The number of ether oxygens (including phenoxy) is 1. The van der Waals surface area contributed by atoms with E-state index in [0.29, 0.717) is 5.39 Å². The van der Waals surface area contributed by atoms with E-state index in [1.165, 1.54) is 5.56 Å². The van der Waals surface area contributed by atoms with Gasteiger partial charge in [-0.25, -0.2) is 4.98 Å². The molecule has 30 heavy (non-hydrogen) atoms. The first-order valence-corrected chi connectivity index (χ1v) is 10.9. The number of nitrogens with zero attached hydrogens (tertiary/aromatic N) is 2. The average molecular weight is 417 g/mol. The van der Waals surface area contributed by atoms with Crippen LogP contribution in [0.2, 0.25) is 0 Å². The third-order valence-corrected chi connectivity index (χ3v) is 6.28. The van der Waals surface area contributed by atoms with Crippen molar-refractivity contribution in [3.05, 3.63) is 93.8 Å². The molecule has 1 aromatic heterocycles. The van der Waals surface area contributed by atoms with Crippen molar-refractivity contribution in [1.29, 1.82) is 0 Å². The van der Waals surface area contributed by atoms with Crippen LogP contribution >= 0.6 is 11.8 Å². The van der Waals surface area contributed by atoms with E-state index >= 15 is 0 Å². The lowest BCUT2D eigenvalue weighted by Crippen LogP contribution is -2.22. The quantitative estimate of drug-likeness (QED) is 0.314. The van der Waals surface area contributed by atoms with Crippen LogP contribution in [0.3, 0.4) is 0 Å². The number of para-hydroxylation sites is 1. The number of rotatable bonds is 6. The van der Waals surface area contributed by atoms with Crippen LogP contribution in [0, 0.1) is 13.8 Å². The van der Waals surface area contributed by atoms with E-state index in [1.54, 1.807) is 23.4 Å². The van der Waals surface area contributed by atoms with Gasteiger partial charge in [0.2, 0.25) is 0 Å². The van der Waals surface area contributed by atoms with E-state index in [9.17, 15) is 4.79 Å². The maximum atomic E-state index is 13.4. The van der Waals surface area contributed by atoms with Gasteiger partial charge >= 0.3 is 0 Å². The van der Waals surface area contributed by atoms with Crippen molar-refractivity contribution in [2.45, 2.75) is 25.4 Å². The Morgan fingerprint density at radius 1 is 0.967 bits per heavy atom. The monoisotopic (exact) mass is 416 g/mol. The summed E-state index contributed by atoms with van der Waals surface area (Å²) in [5.41, 5.74) is 5.07. The van der Waals surface area contributed by atoms with Crippen LogP contribution in [0.4, 0.5) is 0 Å². The van der Waals surface area contributed by atoms with Crippen LogP contribution in [-0.4, -0.2) is 22.4 Å². The van der Waals surface area contributed by atoms with Gasteiger partial charge in [0.15, 0.2) is 5.16 Å². The number of aromatic nitrogens is 2. The summed E-state index contributed by atoms with van der Waals surface area (Å²) in [6, 6.07) is 21.7. The van der Waals surface area contributed by atoms with Crippen LogP contribution in [0.5, 0.6) is 5.75 Å². The van der Waals surface area contributed by atoms with E-state index in [4.69, 9.17) is 9.72 Å². The Labute approximate surface area is 180 Å². The molecular formula is C25H24N2O2S. The molecule has 4 nitrogen and oxygen atoms in total. The molecule has 0 bridgehead atoms. The number of thioether (sulfide) groups is 1. The molecule has 4 rings (SSSR count). The molecule has 0 aliphatic rings. The van der Waals surface area contributed by atoms with Crippen LogP contribution in [0.25, 0.3) is 16.6 Å². The lowest BCUT2D eigenvalue weighted by molar-refractivity contribution is 0.414. The smallest absolute Gasteiger partial charge is 0.266 e. The fourth-order valence-electron chi connectivity index (χ4n) is 3.45. The largest absolute Gasteiger partial charge is 0.497 e. The summed E-state index contributed by atoms with van der Waals surface area (Å²) in [7, 11) is 1.67. The summed E-state index contributed by atoms with van der Waals surface area (Å²) >= 11 is 1.61. The number of fused-ring (bicyclic) bond motifs is 1. The van der Waals surface area contributed by atoms with Crippen molar-refractivity contribution < 1.29 is 4.74 Å². The van der Waals surface area contributed by atoms with E-state index in [1.807, 2.05) is 48.5 Å². The van der Waals surface area contributed by atoms with E-state index in [0.717, 1.165) is 45.4 Å². The highest BCUT2D eigenvalue weighted by molar-refractivity contribution is 7.99. The van der Waals surface area contributed by atoms with Gasteiger partial charge in [0.1, 0.15) is 5.75 Å². The summed E-state index contributed by atoms with van der Waals surface area (Å²) in [6.07, 6.45) is 0.879. The third-order valence-electron chi connectivity index (χ3n) is 5.34. The van der Waals surface area contributed by atoms with Crippen LogP contribution in [0.1, 0.15) is 16.7 Å². The van der Waals surface area contributed by atoms with Crippen LogP contribution in [0.15, 0.2) is 76.7 Å². The fourth-order valence-corrected chi connectivity index (χ4v) is 4.45. The standard InChI is InChI=1S/C25H24N2O2S/c1-17-7-6-10-23(18(17)2)27-24(28)21-8-4-5-9-22(21)26-25(27)30-16-15-19-11-13-20(29-3)14-12-19/h4-14H,15-16H2,1-3H3. The van der Waals surface area contributed by atoms with Gasteiger partial charge < -0.3 is 4.74 Å². The average Bonchev–Trinajstić information content (AvgIpc) is 2.77. The molecule has 1 heterocycles. The second-order valence-corrected chi connectivity index (χ2v) is 8.28. The summed E-state index contributed by atoms with van der Waals surface area (Å²) in [5, 5.41) is 1.36. The normalized spacial score (nSPS) is 11.0. The zero-order valence-corrected chi connectivity index (χ0v) is 18.2. The first-order chi connectivity index (χ1) is 14.6. The molecule has 0 radical (unpaired) electrons. The highest BCUT2D eigenvalue weighted by Crippen LogP contribution is 2.25. The second-order valence-electron chi connectivity index (χ2n) is 7.22. The molecule has 152 valence electrons. The number of aryl methyl sites for hydroxylation is 2. The molecule has 0 aliphatic carbocycles. The molecule has 0 saturated carbocycles. The first kappa shape index (κ1) is 20.2. The summed E-state index contributed by atoms with van der Waals surface area (Å²) < 4.78 is 7.00. The highest BCUT2D eigenvalue weighted by Gasteiger charge is 2.15. The Morgan fingerprint density at radius 2 is 1.73 bits per heavy atom. The molecule has 0 N–H and O–H groups in total. The molecule has 0 saturated heterocycles. The number of hydrogen-bond acceptors (Lipinski definition) is 4. The zero-order valence-electron chi connectivity index (χ0n) is 17.4. The van der Waals surface area contributed by atoms with E-state index < -0.39 is 0 Å². The minimum Gasteiger partial charge on any atom is -0.497 e. The first-order valence-electron chi connectivity index (χ1n) is 9.92. The van der Waals surface area contributed by atoms with Gasteiger partial charge in [0, 0.05) is 5.75 Å². The van der Waals surface area contributed by atoms with Crippen LogP contribution in [-0.2, 0) is 6.42 Å². The Morgan fingerprint density at radius 3 is 2.50 bits per heavy atom. The maximum absolute atomic E-state index is 13.4. The number of hydrogen-bond donors (Lipinski definition) is 0. The molecule has 0 atom stereocenters. The Bertz CT molecular complexity index is 1250. The molecule has 0 fully saturated rings. The minimum atomic E-state index is -0.0266. The van der Waals surface area contributed by atoms with Crippen molar-refractivity contribution in [2.24, 2.45) is 0 Å². The second kappa shape index (κ2) is 8.76. The third kappa shape index (κ3) is 3.98. The van der Waals surface area contributed by atoms with Crippen molar-refractivity contribution in [1.82, 2.24) is 9.55 Å². The Kier molecular flexibility index (Phi) is 5.91. The van der Waals surface area contributed by atoms with Gasteiger partial charge in [-0.05, 0) is 67.3 Å². The predicted molar refractivity (Wildman–Crippen MR) is 124 cm³/mol. The molecule has 4 aromatic rings. The summed E-state index contributed by atoms with van der Waals surface area (Å²) in [4.78, 5) is 18.3. The SMILES string of the molecule is COc1ccc(CCSc2nc3ccccc3c(=O)n2-c2cccc(C)c2C)cc1. The molecule has 0 unspecified atom stereocenters. The van der Waals surface area contributed by atoms with Crippen molar-refractivity contribution in [3.8, 4) is 11.4 Å². The zero-order chi connectivity index (χ0) is 21.1. The van der Waals surface area contributed by atoms with E-state index in [-0.39, 0.29) is 5.56 Å². The lowest BCUT2D eigenvalue weighted by Gasteiger charge is -2.16. The van der Waals surface area contributed by atoms with Gasteiger partial charge in [-0.15, -0.1) is 0 Å². The predicted octanol–water partition coefficient (Wildman–Crippen LogP) is 5.35. The molecule has 3 aromatic carbocycles. The summed E-state index contributed by atoms with van der Waals surface area (Å²) in [5.74, 6) is 1.67. The number of benzene rings is 3. The maximum Gasteiger partial charge on any atom is 0.266 e. The molecular weight excluding hydrogens is 392 g/mol. The number of methoxy groups -OCH3 is 1. The minimum absolute atomic E-state index is 0.0266. The van der Waals surface area contributed by atoms with Gasteiger partial charge in [-0.2, -0.15) is 0 Å². The Hall–Kier alpha value is -3.05. The highest BCUT2D eigenvalue weighted by atomic mass is 32.2. The topological polar surface area (TPSA) is 44.1 Å². The van der Waals surface area contributed by atoms with Crippen LogP contribution < -0.4 is 10.3 Å². The summed E-state index contributed by atoms with van der Waals surface area (Å²) in [6.45, 7) is 4.12. The van der Waals surface area contributed by atoms with Crippen molar-refractivity contribution >= 4 is 22.7 Å². The fraction of sp³-hybridized carbons (Fsp3) is 0.200. The Balaban J connectivity index is 1.72. The lowest BCUT2D eigenvalue weighted by atomic mass is 10.1. The molecule has 5 heteroatoms. The molecule has 0 aliphatic heterocycles.